The first-order chi connectivity index (χ1) is 6.34. The van der Waals surface area contributed by atoms with Crippen LogP contribution in [-0.4, -0.2) is 17.6 Å². The molecule has 0 unspecified atom stereocenters. The van der Waals surface area contributed by atoms with E-state index in [1.807, 2.05) is 6.20 Å². The molecule has 1 aromatic heterocycles. The maximum atomic E-state index is 4.09. The molecule has 1 N–H and O–H groups in total. The van der Waals surface area contributed by atoms with Crippen molar-refractivity contribution in [3.05, 3.63) is 28.5 Å². The van der Waals surface area contributed by atoms with Gasteiger partial charge in [0, 0.05) is 12.2 Å². The zero-order valence-electron chi connectivity index (χ0n) is 7.46. The van der Waals surface area contributed by atoms with Crippen LogP contribution in [0.5, 0.6) is 0 Å². The van der Waals surface area contributed by atoms with Gasteiger partial charge >= 0.3 is 0 Å². The molecule has 1 aliphatic rings. The van der Waals surface area contributed by atoms with Crippen molar-refractivity contribution in [2.45, 2.75) is 25.3 Å². The SMILES string of the molecule is Brc1cc(CCNC2CC2)ccn1. The first-order valence-electron chi connectivity index (χ1n) is 4.68. The minimum Gasteiger partial charge on any atom is -0.314 e. The molecule has 1 aliphatic carbocycles. The van der Waals surface area contributed by atoms with Crippen molar-refractivity contribution >= 4 is 15.9 Å². The summed E-state index contributed by atoms with van der Waals surface area (Å²) in [6, 6.07) is 4.96. The van der Waals surface area contributed by atoms with E-state index in [0.717, 1.165) is 23.6 Å². The third-order valence-corrected chi connectivity index (χ3v) is 2.65. The summed E-state index contributed by atoms with van der Waals surface area (Å²) in [4.78, 5) is 4.09. The number of halogens is 1. The summed E-state index contributed by atoms with van der Waals surface area (Å²) < 4.78 is 0.927. The van der Waals surface area contributed by atoms with Crippen LogP contribution in [0.2, 0.25) is 0 Å². The number of pyridine rings is 1. The van der Waals surface area contributed by atoms with Gasteiger partial charge in [0.05, 0.1) is 0 Å². The average molecular weight is 241 g/mol. The first-order valence-corrected chi connectivity index (χ1v) is 5.48. The van der Waals surface area contributed by atoms with Crippen LogP contribution in [0, 0.1) is 0 Å². The minimum absolute atomic E-state index is 0.810. The van der Waals surface area contributed by atoms with Crippen molar-refractivity contribution in [2.24, 2.45) is 0 Å². The second-order valence-corrected chi connectivity index (χ2v) is 4.28. The Kier molecular flexibility index (Phi) is 2.96. The fraction of sp³-hybridized carbons (Fsp3) is 0.500. The Morgan fingerprint density at radius 3 is 3.08 bits per heavy atom. The predicted molar refractivity (Wildman–Crippen MR) is 56.7 cm³/mol. The lowest BCUT2D eigenvalue weighted by Crippen LogP contribution is -2.19. The van der Waals surface area contributed by atoms with Gasteiger partial charge in [-0.2, -0.15) is 0 Å². The molecule has 0 radical (unpaired) electrons. The molecule has 0 spiro atoms. The van der Waals surface area contributed by atoms with Gasteiger partial charge in [-0.05, 0) is 59.4 Å². The molecule has 2 nitrogen and oxygen atoms in total. The topological polar surface area (TPSA) is 24.9 Å². The summed E-state index contributed by atoms with van der Waals surface area (Å²) in [5.41, 5.74) is 1.34. The van der Waals surface area contributed by atoms with Gasteiger partial charge in [0.1, 0.15) is 4.60 Å². The summed E-state index contributed by atoms with van der Waals surface area (Å²) in [6.07, 6.45) is 5.66. The lowest BCUT2D eigenvalue weighted by molar-refractivity contribution is 0.681. The highest BCUT2D eigenvalue weighted by molar-refractivity contribution is 9.10. The van der Waals surface area contributed by atoms with E-state index in [2.05, 4.69) is 38.4 Å². The molecule has 2 rings (SSSR count). The third-order valence-electron chi connectivity index (χ3n) is 2.22. The maximum absolute atomic E-state index is 4.09. The largest absolute Gasteiger partial charge is 0.314 e. The van der Waals surface area contributed by atoms with E-state index in [0.29, 0.717) is 0 Å². The predicted octanol–water partition coefficient (Wildman–Crippen LogP) is 2.14. The van der Waals surface area contributed by atoms with Gasteiger partial charge in [-0.25, -0.2) is 4.98 Å². The molecule has 0 aliphatic heterocycles. The molecule has 1 heterocycles. The number of nitrogens with one attached hydrogen (secondary N) is 1. The molecule has 0 atom stereocenters. The Labute approximate surface area is 86.9 Å². The Morgan fingerprint density at radius 1 is 1.54 bits per heavy atom. The zero-order chi connectivity index (χ0) is 9.10. The smallest absolute Gasteiger partial charge is 0.106 e. The van der Waals surface area contributed by atoms with Crippen LogP contribution in [0.1, 0.15) is 18.4 Å². The second-order valence-electron chi connectivity index (χ2n) is 3.47. The summed E-state index contributed by atoms with van der Waals surface area (Å²) in [5, 5.41) is 3.49. The summed E-state index contributed by atoms with van der Waals surface area (Å²) in [7, 11) is 0. The van der Waals surface area contributed by atoms with Crippen LogP contribution in [0.15, 0.2) is 22.9 Å². The number of hydrogen-bond acceptors (Lipinski definition) is 2. The van der Waals surface area contributed by atoms with Gasteiger partial charge in [-0.3, -0.25) is 0 Å². The highest BCUT2D eigenvalue weighted by Gasteiger charge is 2.19. The number of hydrogen-bond donors (Lipinski definition) is 1. The van der Waals surface area contributed by atoms with Gasteiger partial charge in [0.2, 0.25) is 0 Å². The van der Waals surface area contributed by atoms with E-state index >= 15 is 0 Å². The fourth-order valence-electron chi connectivity index (χ4n) is 1.31. The number of aromatic nitrogens is 1. The van der Waals surface area contributed by atoms with Crippen LogP contribution < -0.4 is 5.32 Å². The van der Waals surface area contributed by atoms with Gasteiger partial charge in [-0.1, -0.05) is 0 Å². The van der Waals surface area contributed by atoms with Crippen molar-refractivity contribution < 1.29 is 0 Å². The highest BCUT2D eigenvalue weighted by Crippen LogP contribution is 2.18. The molecule has 13 heavy (non-hydrogen) atoms. The minimum atomic E-state index is 0.810. The molecule has 0 aromatic carbocycles. The van der Waals surface area contributed by atoms with Gasteiger partial charge in [0.25, 0.3) is 0 Å². The molecule has 1 fully saturated rings. The van der Waals surface area contributed by atoms with Gasteiger partial charge in [-0.15, -0.1) is 0 Å². The number of rotatable bonds is 4. The summed E-state index contributed by atoms with van der Waals surface area (Å²) in [6.45, 7) is 1.08. The Balaban J connectivity index is 1.79. The Bertz CT molecular complexity index is 284. The Hall–Kier alpha value is -0.410. The molecule has 0 amide bonds. The molecule has 3 heteroatoms. The molecule has 0 saturated heterocycles. The number of nitrogens with zero attached hydrogens (tertiary/aromatic N) is 1. The lowest BCUT2D eigenvalue weighted by Gasteiger charge is -2.02. The summed E-state index contributed by atoms with van der Waals surface area (Å²) in [5.74, 6) is 0. The van der Waals surface area contributed by atoms with Crippen LogP contribution in [0.25, 0.3) is 0 Å². The molecule has 1 aromatic rings. The van der Waals surface area contributed by atoms with Crippen molar-refractivity contribution in [3.63, 3.8) is 0 Å². The standard InChI is InChI=1S/C10H13BrN2/c11-10-7-8(4-6-13-10)3-5-12-9-1-2-9/h4,6-7,9,12H,1-3,5H2. The van der Waals surface area contributed by atoms with Crippen LogP contribution >= 0.6 is 15.9 Å². The van der Waals surface area contributed by atoms with Crippen molar-refractivity contribution in [1.29, 1.82) is 0 Å². The first kappa shape index (κ1) is 9.16. The average Bonchev–Trinajstić information content (AvgIpc) is 2.88. The third kappa shape index (κ3) is 3.08. The van der Waals surface area contributed by atoms with E-state index in [4.69, 9.17) is 0 Å². The van der Waals surface area contributed by atoms with Crippen molar-refractivity contribution in [2.75, 3.05) is 6.54 Å². The van der Waals surface area contributed by atoms with Crippen LogP contribution in [-0.2, 0) is 6.42 Å². The summed E-state index contributed by atoms with van der Waals surface area (Å²) >= 11 is 3.36. The fourth-order valence-corrected chi connectivity index (χ4v) is 1.72. The highest BCUT2D eigenvalue weighted by atomic mass is 79.9. The normalized spacial score (nSPS) is 16.1. The molecular formula is C10H13BrN2. The van der Waals surface area contributed by atoms with Gasteiger partial charge in [0.15, 0.2) is 0 Å². The van der Waals surface area contributed by atoms with Crippen LogP contribution in [0.4, 0.5) is 0 Å². The van der Waals surface area contributed by atoms with E-state index in [1.54, 1.807) is 0 Å². The van der Waals surface area contributed by atoms with Crippen molar-refractivity contribution in [3.8, 4) is 0 Å². The Morgan fingerprint density at radius 2 is 2.38 bits per heavy atom. The van der Waals surface area contributed by atoms with Gasteiger partial charge < -0.3 is 5.32 Å². The van der Waals surface area contributed by atoms with Crippen molar-refractivity contribution in [1.82, 2.24) is 10.3 Å². The molecule has 70 valence electrons. The molecule has 1 saturated carbocycles. The quantitative estimate of drug-likeness (QED) is 0.817. The van der Waals surface area contributed by atoms with E-state index in [-0.39, 0.29) is 0 Å². The molecule has 0 bridgehead atoms. The van der Waals surface area contributed by atoms with Crippen LogP contribution in [0.3, 0.4) is 0 Å². The maximum Gasteiger partial charge on any atom is 0.106 e. The van der Waals surface area contributed by atoms with E-state index < -0.39 is 0 Å². The molecular weight excluding hydrogens is 228 g/mol. The zero-order valence-corrected chi connectivity index (χ0v) is 9.05. The van der Waals surface area contributed by atoms with E-state index in [9.17, 15) is 0 Å². The second kappa shape index (κ2) is 4.20. The lowest BCUT2D eigenvalue weighted by atomic mass is 10.2. The van der Waals surface area contributed by atoms with E-state index in [1.165, 1.54) is 18.4 Å². The monoisotopic (exact) mass is 240 g/mol.